The van der Waals surface area contributed by atoms with Crippen LogP contribution in [0.2, 0.25) is 0 Å². The minimum atomic E-state index is -1.13. The zero-order chi connectivity index (χ0) is 16.4. The Morgan fingerprint density at radius 2 is 2.05 bits per heavy atom. The zero-order valence-electron chi connectivity index (χ0n) is 13.0. The van der Waals surface area contributed by atoms with Gasteiger partial charge in [-0.3, -0.25) is 9.69 Å². The Kier molecular flexibility index (Phi) is 4.57. The van der Waals surface area contributed by atoms with E-state index in [1.165, 1.54) is 0 Å². The number of carboxylic acids is 1. The maximum atomic E-state index is 11.1. The van der Waals surface area contributed by atoms with Gasteiger partial charge in [0.25, 0.3) is 0 Å². The van der Waals surface area contributed by atoms with Gasteiger partial charge in [-0.2, -0.15) is 0 Å². The first-order valence-electron chi connectivity index (χ1n) is 7.27. The number of aliphatic carboxylic acids is 1. The molecule has 0 radical (unpaired) electrons. The summed E-state index contributed by atoms with van der Waals surface area (Å²) in [6.07, 6.45) is 0.470. The number of carbonyl (C=O) groups is 1. The molecule has 1 aromatic rings. The predicted molar refractivity (Wildman–Crippen MR) is 84.1 cm³/mol. The predicted octanol–water partition coefficient (Wildman–Crippen LogP) is 0.797. The molecular formula is C17H22N2O3. The third kappa shape index (κ3) is 4.31. The van der Waals surface area contributed by atoms with Crippen molar-refractivity contribution >= 4 is 5.97 Å². The monoisotopic (exact) mass is 302 g/mol. The van der Waals surface area contributed by atoms with Crippen molar-refractivity contribution < 1.29 is 15.0 Å². The zero-order valence-corrected chi connectivity index (χ0v) is 13.0. The molecule has 1 atom stereocenters. The van der Waals surface area contributed by atoms with Gasteiger partial charge < -0.3 is 15.9 Å². The normalized spacial score (nSPS) is 22.2. The molecular weight excluding hydrogens is 280 g/mol. The molecule has 0 aliphatic carbocycles. The number of nitrogens with two attached hydrogens (primary N) is 1. The third-order valence-corrected chi connectivity index (χ3v) is 3.68. The fourth-order valence-corrected chi connectivity index (χ4v) is 2.40. The smallest absolute Gasteiger partial charge is 0.325 e. The summed E-state index contributed by atoms with van der Waals surface area (Å²) >= 11 is 0. The lowest BCUT2D eigenvalue weighted by molar-refractivity contribution is -0.142. The van der Waals surface area contributed by atoms with Crippen LogP contribution in [0.15, 0.2) is 24.3 Å². The van der Waals surface area contributed by atoms with Crippen molar-refractivity contribution in [2.75, 3.05) is 13.1 Å². The molecule has 0 amide bonds. The standard InChI is InChI=1S/C17H22N2O3/c1-16(2,22)8-7-13-3-5-14(6-4-13)11-19-10-9-17(18,12-19)15(20)21/h3-6,22H,9-12,18H2,1-2H3,(H,20,21). The number of aliphatic hydroxyl groups is 1. The highest BCUT2D eigenvalue weighted by Gasteiger charge is 2.40. The maximum Gasteiger partial charge on any atom is 0.325 e. The molecule has 0 bridgehead atoms. The fourth-order valence-electron chi connectivity index (χ4n) is 2.40. The largest absolute Gasteiger partial charge is 0.480 e. The fraction of sp³-hybridized carbons (Fsp3) is 0.471. The van der Waals surface area contributed by atoms with E-state index in [2.05, 4.69) is 11.8 Å². The molecule has 5 heteroatoms. The second-order valence-electron chi connectivity index (χ2n) is 6.43. The quantitative estimate of drug-likeness (QED) is 0.719. The van der Waals surface area contributed by atoms with Gasteiger partial charge in [-0.1, -0.05) is 24.0 Å². The van der Waals surface area contributed by atoms with E-state index in [1.54, 1.807) is 13.8 Å². The van der Waals surface area contributed by atoms with Gasteiger partial charge in [-0.15, -0.1) is 0 Å². The van der Waals surface area contributed by atoms with Crippen LogP contribution in [-0.4, -0.2) is 45.3 Å². The lowest BCUT2D eigenvalue weighted by atomic mass is 10.0. The second-order valence-corrected chi connectivity index (χ2v) is 6.43. The van der Waals surface area contributed by atoms with E-state index in [1.807, 2.05) is 29.2 Å². The van der Waals surface area contributed by atoms with Crippen LogP contribution >= 0.6 is 0 Å². The molecule has 4 N–H and O–H groups in total. The first-order chi connectivity index (χ1) is 10.2. The van der Waals surface area contributed by atoms with Crippen LogP contribution in [0.3, 0.4) is 0 Å². The van der Waals surface area contributed by atoms with Crippen molar-refractivity contribution in [2.45, 2.75) is 38.0 Å². The average Bonchev–Trinajstić information content (AvgIpc) is 2.80. The van der Waals surface area contributed by atoms with Crippen molar-refractivity contribution in [2.24, 2.45) is 5.73 Å². The van der Waals surface area contributed by atoms with Gasteiger partial charge in [0.05, 0.1) is 0 Å². The molecule has 0 saturated carbocycles. The number of rotatable bonds is 3. The van der Waals surface area contributed by atoms with E-state index in [9.17, 15) is 9.90 Å². The van der Waals surface area contributed by atoms with E-state index in [4.69, 9.17) is 10.8 Å². The van der Waals surface area contributed by atoms with Crippen molar-refractivity contribution in [3.8, 4) is 11.8 Å². The molecule has 22 heavy (non-hydrogen) atoms. The van der Waals surface area contributed by atoms with Crippen LogP contribution in [0, 0.1) is 11.8 Å². The van der Waals surface area contributed by atoms with Gasteiger partial charge in [0.2, 0.25) is 0 Å². The molecule has 1 aliphatic heterocycles. The number of benzene rings is 1. The van der Waals surface area contributed by atoms with Crippen LogP contribution in [0.5, 0.6) is 0 Å². The number of nitrogens with zero attached hydrogens (tertiary/aromatic N) is 1. The van der Waals surface area contributed by atoms with Gasteiger partial charge >= 0.3 is 5.97 Å². The molecule has 0 aromatic heterocycles. The topological polar surface area (TPSA) is 86.8 Å². The average molecular weight is 302 g/mol. The summed E-state index contributed by atoms with van der Waals surface area (Å²) in [6.45, 7) is 5.00. The van der Waals surface area contributed by atoms with Crippen LogP contribution in [0.4, 0.5) is 0 Å². The highest BCUT2D eigenvalue weighted by Crippen LogP contribution is 2.21. The summed E-state index contributed by atoms with van der Waals surface area (Å²) in [4.78, 5) is 13.2. The van der Waals surface area contributed by atoms with Gasteiger partial charge in [0.15, 0.2) is 0 Å². The maximum absolute atomic E-state index is 11.1. The lowest BCUT2D eigenvalue weighted by Crippen LogP contribution is -2.50. The van der Waals surface area contributed by atoms with Gasteiger partial charge in [0, 0.05) is 25.2 Å². The van der Waals surface area contributed by atoms with Crippen molar-refractivity contribution in [3.63, 3.8) is 0 Å². The Hall–Kier alpha value is -1.87. The van der Waals surface area contributed by atoms with Crippen LogP contribution in [0.1, 0.15) is 31.4 Å². The van der Waals surface area contributed by atoms with Gasteiger partial charge in [0.1, 0.15) is 11.1 Å². The first kappa shape index (κ1) is 16.5. The molecule has 1 unspecified atom stereocenters. The van der Waals surface area contributed by atoms with Gasteiger partial charge in [-0.05, 0) is 38.0 Å². The summed E-state index contributed by atoms with van der Waals surface area (Å²) in [7, 11) is 0. The Balaban J connectivity index is 1.98. The number of carboxylic acid groups (broad SMARTS) is 1. The molecule has 0 spiro atoms. The second kappa shape index (κ2) is 6.09. The molecule has 118 valence electrons. The summed E-state index contributed by atoms with van der Waals surface area (Å²) < 4.78 is 0. The van der Waals surface area contributed by atoms with Crippen LogP contribution in [0.25, 0.3) is 0 Å². The summed E-state index contributed by atoms with van der Waals surface area (Å²) in [5.41, 5.74) is 5.66. The van der Waals surface area contributed by atoms with Crippen molar-refractivity contribution in [1.29, 1.82) is 0 Å². The van der Waals surface area contributed by atoms with E-state index >= 15 is 0 Å². The highest BCUT2D eigenvalue weighted by atomic mass is 16.4. The van der Waals surface area contributed by atoms with Crippen LogP contribution < -0.4 is 5.73 Å². The number of hydrogen-bond acceptors (Lipinski definition) is 4. The summed E-state index contributed by atoms with van der Waals surface area (Å²) in [5, 5.41) is 18.7. The van der Waals surface area contributed by atoms with E-state index < -0.39 is 17.1 Å². The minimum Gasteiger partial charge on any atom is -0.480 e. The molecule has 2 rings (SSSR count). The molecule has 1 saturated heterocycles. The molecule has 1 aromatic carbocycles. The Morgan fingerprint density at radius 1 is 1.41 bits per heavy atom. The number of likely N-dealkylation sites (tertiary alicyclic amines) is 1. The van der Waals surface area contributed by atoms with Gasteiger partial charge in [-0.25, -0.2) is 0 Å². The SMILES string of the molecule is CC(C)(O)C#Cc1ccc(CN2CCC(N)(C(=O)O)C2)cc1. The third-order valence-electron chi connectivity index (χ3n) is 3.68. The molecule has 1 aliphatic rings. The van der Waals surface area contributed by atoms with E-state index in [-0.39, 0.29) is 0 Å². The van der Waals surface area contributed by atoms with Crippen LogP contribution in [-0.2, 0) is 11.3 Å². The van der Waals surface area contributed by atoms with E-state index in [0.717, 1.165) is 11.1 Å². The van der Waals surface area contributed by atoms with Crippen molar-refractivity contribution in [1.82, 2.24) is 4.90 Å². The molecule has 1 heterocycles. The number of hydrogen-bond donors (Lipinski definition) is 3. The highest BCUT2D eigenvalue weighted by molar-refractivity contribution is 5.79. The molecule has 1 fully saturated rings. The van der Waals surface area contributed by atoms with E-state index in [0.29, 0.717) is 26.1 Å². The Labute approximate surface area is 130 Å². The lowest BCUT2D eigenvalue weighted by Gasteiger charge is -2.20. The van der Waals surface area contributed by atoms with Crippen molar-refractivity contribution in [3.05, 3.63) is 35.4 Å². The Bertz CT molecular complexity index is 608. The first-order valence-corrected chi connectivity index (χ1v) is 7.27. The summed E-state index contributed by atoms with van der Waals surface area (Å²) in [6, 6.07) is 7.73. The summed E-state index contributed by atoms with van der Waals surface area (Å²) in [5.74, 6) is 4.75. The minimum absolute atomic E-state index is 0.364. The molecule has 5 nitrogen and oxygen atoms in total. The Morgan fingerprint density at radius 3 is 2.55 bits per heavy atom.